The summed E-state index contributed by atoms with van der Waals surface area (Å²) in [6.45, 7) is 0.762. The lowest BCUT2D eigenvalue weighted by molar-refractivity contribution is -0.137. The highest BCUT2D eigenvalue weighted by atomic mass is 79.9. The van der Waals surface area contributed by atoms with E-state index < -0.39 is 5.97 Å². The number of carbonyl (C=O) groups is 1. The molecule has 0 spiro atoms. The average Bonchev–Trinajstić information content (AvgIpc) is 3.08. The molecule has 3 nitrogen and oxygen atoms in total. The number of rotatable bonds is 6. The third-order valence-electron chi connectivity index (χ3n) is 4.56. The molecular weight excluding hydrogens is 320 g/mol. The van der Waals surface area contributed by atoms with Crippen LogP contribution in [0.15, 0.2) is 22.7 Å². The lowest BCUT2D eigenvalue weighted by Crippen LogP contribution is -2.21. The first-order chi connectivity index (χ1) is 9.59. The molecule has 0 unspecified atom stereocenters. The minimum atomic E-state index is -0.729. The monoisotopic (exact) mass is 338 g/mol. The van der Waals surface area contributed by atoms with Crippen LogP contribution in [0.5, 0.6) is 5.75 Å². The summed E-state index contributed by atoms with van der Waals surface area (Å²) in [5.41, 5.74) is 0.860. The number of hydrogen-bond donors (Lipinski definition) is 1. The van der Waals surface area contributed by atoms with Crippen LogP contribution in [-0.4, -0.2) is 17.7 Å². The second-order valence-corrected chi connectivity index (χ2v) is 7.01. The summed E-state index contributed by atoms with van der Waals surface area (Å²) >= 11 is 3.48. The Morgan fingerprint density at radius 2 is 2.15 bits per heavy atom. The molecule has 2 saturated carbocycles. The predicted molar refractivity (Wildman–Crippen MR) is 80.1 cm³/mol. The molecule has 0 radical (unpaired) electrons. The predicted octanol–water partition coefficient (Wildman–Crippen LogP) is 4.13. The van der Waals surface area contributed by atoms with E-state index in [4.69, 9.17) is 9.84 Å². The fraction of sp³-hybridized carbons (Fsp3) is 0.562. The Hall–Kier alpha value is -1.03. The van der Waals surface area contributed by atoms with Crippen LogP contribution >= 0.6 is 15.9 Å². The summed E-state index contributed by atoms with van der Waals surface area (Å²) in [7, 11) is 0. The van der Waals surface area contributed by atoms with Crippen LogP contribution in [0.1, 0.15) is 44.1 Å². The minimum Gasteiger partial charge on any atom is -0.493 e. The van der Waals surface area contributed by atoms with Gasteiger partial charge in [-0.25, -0.2) is 0 Å². The maximum atomic E-state index is 11.1. The molecule has 2 aliphatic carbocycles. The maximum absolute atomic E-state index is 11.1. The second kappa shape index (κ2) is 5.40. The van der Waals surface area contributed by atoms with Gasteiger partial charge in [0.1, 0.15) is 5.75 Å². The smallest absolute Gasteiger partial charge is 0.304 e. The molecule has 0 atom stereocenters. The van der Waals surface area contributed by atoms with Crippen LogP contribution in [-0.2, 0) is 10.2 Å². The van der Waals surface area contributed by atoms with Crippen LogP contribution in [0.4, 0.5) is 0 Å². The van der Waals surface area contributed by atoms with Crippen LogP contribution in [0, 0.1) is 5.92 Å². The highest BCUT2D eigenvalue weighted by molar-refractivity contribution is 9.10. The second-order valence-electron chi connectivity index (χ2n) is 6.10. The highest BCUT2D eigenvalue weighted by Gasteiger charge is 2.47. The summed E-state index contributed by atoms with van der Waals surface area (Å²) < 4.78 is 6.98. The van der Waals surface area contributed by atoms with Gasteiger partial charge in [0.15, 0.2) is 0 Å². The van der Waals surface area contributed by atoms with Gasteiger partial charge in [-0.2, -0.15) is 0 Å². The van der Waals surface area contributed by atoms with Gasteiger partial charge in [-0.15, -0.1) is 0 Å². The molecule has 0 amide bonds. The largest absolute Gasteiger partial charge is 0.493 e. The summed E-state index contributed by atoms with van der Waals surface area (Å²) in [6.07, 6.45) is 5.90. The molecule has 1 N–H and O–H groups in total. The van der Waals surface area contributed by atoms with E-state index in [1.54, 1.807) is 0 Å². The van der Waals surface area contributed by atoms with Gasteiger partial charge >= 0.3 is 5.97 Å². The lowest BCUT2D eigenvalue weighted by Gasteiger charge is -2.26. The third kappa shape index (κ3) is 2.85. The number of hydrogen-bond acceptors (Lipinski definition) is 2. The first kappa shape index (κ1) is 13.9. The topological polar surface area (TPSA) is 46.5 Å². The van der Waals surface area contributed by atoms with Crippen molar-refractivity contribution in [3.05, 3.63) is 28.2 Å². The van der Waals surface area contributed by atoms with Crippen molar-refractivity contribution in [2.75, 3.05) is 6.61 Å². The average molecular weight is 339 g/mol. The van der Waals surface area contributed by atoms with Crippen molar-refractivity contribution in [2.45, 2.75) is 43.9 Å². The Morgan fingerprint density at radius 3 is 2.70 bits per heavy atom. The zero-order valence-electron chi connectivity index (χ0n) is 11.4. The van der Waals surface area contributed by atoms with E-state index in [0.717, 1.165) is 35.2 Å². The van der Waals surface area contributed by atoms with Crippen molar-refractivity contribution in [3.8, 4) is 5.75 Å². The molecule has 1 aromatic rings. The molecule has 3 rings (SSSR count). The Kier molecular flexibility index (Phi) is 3.76. The van der Waals surface area contributed by atoms with E-state index in [-0.39, 0.29) is 11.8 Å². The minimum absolute atomic E-state index is 0.198. The molecule has 0 aliphatic heterocycles. The first-order valence-electron chi connectivity index (χ1n) is 7.24. The van der Waals surface area contributed by atoms with E-state index in [9.17, 15) is 4.79 Å². The van der Waals surface area contributed by atoms with Gasteiger partial charge in [-0.05, 0) is 49.8 Å². The molecule has 2 aliphatic rings. The third-order valence-corrected chi connectivity index (χ3v) is 5.05. The normalized spacial score (nSPS) is 20.2. The zero-order valence-corrected chi connectivity index (χ0v) is 13.0. The first-order valence-corrected chi connectivity index (χ1v) is 8.03. The number of carboxylic acid groups (broad SMARTS) is 1. The summed E-state index contributed by atoms with van der Waals surface area (Å²) in [5, 5.41) is 9.12. The van der Waals surface area contributed by atoms with Gasteiger partial charge < -0.3 is 9.84 Å². The van der Waals surface area contributed by atoms with Crippen LogP contribution < -0.4 is 4.74 Å². The molecule has 1 aromatic carbocycles. The maximum Gasteiger partial charge on any atom is 0.304 e. The molecule has 0 saturated heterocycles. The molecule has 108 valence electrons. The van der Waals surface area contributed by atoms with Crippen LogP contribution in [0.25, 0.3) is 0 Å². The van der Waals surface area contributed by atoms with Gasteiger partial charge in [0.2, 0.25) is 0 Å². The standard InChI is InChI=1S/C16H19BrO3/c17-12-4-5-14(20-10-11-2-1-3-11)13(8-12)16(6-7-16)9-15(18)19/h4-5,8,11H,1-3,6-7,9-10H2,(H,18,19). The van der Waals surface area contributed by atoms with E-state index in [0.29, 0.717) is 5.92 Å². The Labute approximate surface area is 127 Å². The van der Waals surface area contributed by atoms with Gasteiger partial charge in [0.25, 0.3) is 0 Å². The molecule has 0 bridgehead atoms. The number of ether oxygens (including phenoxy) is 1. The molecule has 20 heavy (non-hydrogen) atoms. The van der Waals surface area contributed by atoms with E-state index in [2.05, 4.69) is 15.9 Å². The number of carboxylic acids is 1. The van der Waals surface area contributed by atoms with Gasteiger partial charge in [-0.3, -0.25) is 4.79 Å². The molecule has 0 aromatic heterocycles. The molecule has 4 heteroatoms. The molecule has 2 fully saturated rings. The Balaban J connectivity index is 1.80. The Bertz CT molecular complexity index is 518. The SMILES string of the molecule is O=C(O)CC1(c2cc(Br)ccc2OCC2CCC2)CC1. The summed E-state index contributed by atoms with van der Waals surface area (Å²) in [6, 6.07) is 5.97. The van der Waals surface area contributed by atoms with Crippen molar-refractivity contribution in [3.63, 3.8) is 0 Å². The number of benzene rings is 1. The lowest BCUT2D eigenvalue weighted by atomic mass is 9.86. The fourth-order valence-corrected chi connectivity index (χ4v) is 3.25. The van der Waals surface area contributed by atoms with Crippen molar-refractivity contribution in [2.24, 2.45) is 5.92 Å². The number of aliphatic carboxylic acids is 1. The van der Waals surface area contributed by atoms with Gasteiger partial charge in [0.05, 0.1) is 13.0 Å². The van der Waals surface area contributed by atoms with Crippen molar-refractivity contribution >= 4 is 21.9 Å². The van der Waals surface area contributed by atoms with Crippen molar-refractivity contribution < 1.29 is 14.6 Å². The zero-order chi connectivity index (χ0) is 14.2. The Morgan fingerprint density at radius 1 is 1.40 bits per heavy atom. The van der Waals surface area contributed by atoms with E-state index >= 15 is 0 Å². The fourth-order valence-electron chi connectivity index (χ4n) is 2.89. The van der Waals surface area contributed by atoms with E-state index in [1.165, 1.54) is 19.3 Å². The van der Waals surface area contributed by atoms with Crippen molar-refractivity contribution in [1.29, 1.82) is 0 Å². The highest BCUT2D eigenvalue weighted by Crippen LogP contribution is 2.54. The van der Waals surface area contributed by atoms with Gasteiger partial charge in [-0.1, -0.05) is 22.4 Å². The summed E-state index contributed by atoms with van der Waals surface area (Å²) in [5.74, 6) is 0.826. The van der Waals surface area contributed by atoms with Crippen LogP contribution in [0.3, 0.4) is 0 Å². The van der Waals surface area contributed by atoms with Gasteiger partial charge in [0, 0.05) is 15.5 Å². The van der Waals surface area contributed by atoms with Crippen molar-refractivity contribution in [1.82, 2.24) is 0 Å². The quantitative estimate of drug-likeness (QED) is 0.847. The summed E-state index contributed by atoms with van der Waals surface area (Å²) in [4.78, 5) is 11.1. The molecular formula is C16H19BrO3. The molecule has 0 heterocycles. The van der Waals surface area contributed by atoms with Crippen LogP contribution in [0.2, 0.25) is 0 Å². The number of halogens is 1. The van der Waals surface area contributed by atoms with E-state index in [1.807, 2.05) is 18.2 Å².